The minimum Gasteiger partial charge on any atom is -0.352 e. The number of nitrogens with one attached hydrogen (secondary N) is 3. The van der Waals surface area contributed by atoms with E-state index in [0.717, 1.165) is 38.5 Å². The van der Waals surface area contributed by atoms with Crippen molar-refractivity contribution >= 4 is 29.5 Å². The summed E-state index contributed by atoms with van der Waals surface area (Å²) >= 11 is 0. The first-order valence-electron chi connectivity index (χ1n) is 13.3. The highest BCUT2D eigenvalue weighted by Gasteiger charge is 2.49. The molecule has 5 amide bonds. The lowest BCUT2D eigenvalue weighted by atomic mass is 9.80. The zero-order valence-electron chi connectivity index (χ0n) is 22.3. The Morgan fingerprint density at radius 1 is 1.03 bits per heavy atom. The molecule has 0 radical (unpaired) electrons. The van der Waals surface area contributed by atoms with E-state index in [2.05, 4.69) is 16.0 Å². The fourth-order valence-corrected chi connectivity index (χ4v) is 5.33. The van der Waals surface area contributed by atoms with Gasteiger partial charge >= 0.3 is 6.03 Å². The largest absolute Gasteiger partial charge is 0.352 e. The minimum atomic E-state index is -0.923. The van der Waals surface area contributed by atoms with Crippen LogP contribution in [0.1, 0.15) is 79.6 Å². The summed E-state index contributed by atoms with van der Waals surface area (Å²) in [4.78, 5) is 66.1. The molecule has 36 heavy (non-hydrogen) atoms. The molecule has 0 bridgehead atoms. The van der Waals surface area contributed by atoms with E-state index in [9.17, 15) is 24.0 Å². The van der Waals surface area contributed by atoms with Gasteiger partial charge in [-0.15, -0.1) is 0 Å². The molecule has 5 atom stereocenters. The summed E-state index contributed by atoms with van der Waals surface area (Å²) in [7, 11) is 0. The summed E-state index contributed by atoms with van der Waals surface area (Å²) in [5.74, 6) is -1.88. The van der Waals surface area contributed by atoms with Crippen molar-refractivity contribution in [3.8, 4) is 0 Å². The van der Waals surface area contributed by atoms with Gasteiger partial charge in [0.25, 0.3) is 5.91 Å². The van der Waals surface area contributed by atoms with Gasteiger partial charge in [0, 0.05) is 12.6 Å². The number of rotatable bonds is 10. The molecule has 0 spiro atoms. The van der Waals surface area contributed by atoms with Crippen molar-refractivity contribution in [3.63, 3.8) is 0 Å². The smallest absolute Gasteiger partial charge is 0.312 e. The van der Waals surface area contributed by atoms with Crippen LogP contribution >= 0.6 is 0 Å². The van der Waals surface area contributed by atoms with Gasteiger partial charge < -0.3 is 26.6 Å². The van der Waals surface area contributed by atoms with E-state index in [1.165, 1.54) is 4.90 Å². The van der Waals surface area contributed by atoms with E-state index in [0.29, 0.717) is 18.9 Å². The lowest BCUT2D eigenvalue weighted by molar-refractivity contribution is -0.144. The maximum Gasteiger partial charge on any atom is 0.312 e. The monoisotopic (exact) mass is 505 g/mol. The summed E-state index contributed by atoms with van der Waals surface area (Å²) in [6.07, 6.45) is 5.94. The second-order valence-corrected chi connectivity index (χ2v) is 12.0. The second-order valence-electron chi connectivity index (χ2n) is 12.0. The summed E-state index contributed by atoms with van der Waals surface area (Å²) in [6, 6.07) is -3.42. The summed E-state index contributed by atoms with van der Waals surface area (Å²) in [6.45, 7) is 9.78. The lowest BCUT2D eigenvalue weighted by Crippen LogP contribution is -2.60. The van der Waals surface area contributed by atoms with E-state index in [1.54, 1.807) is 0 Å². The normalized spacial score (nSPS) is 25.9. The van der Waals surface area contributed by atoms with Crippen LogP contribution < -0.4 is 21.7 Å². The number of amides is 5. The Balaban J connectivity index is 1.82. The van der Waals surface area contributed by atoms with Gasteiger partial charge in [-0.3, -0.25) is 19.2 Å². The van der Waals surface area contributed by atoms with Crippen LogP contribution in [0.3, 0.4) is 0 Å². The predicted octanol–water partition coefficient (Wildman–Crippen LogP) is 1.47. The SMILES string of the molecule is CC[C@H]1CN(C(=O)[C@@H](NC(N)=O)C(C)(C)C)[C@H](C(=O)NC(CC2CCC2)C(=O)C(=O)NC2CC2)[C@H]1C. The average Bonchev–Trinajstić information content (AvgIpc) is 3.51. The fraction of sp³-hybridized carbons (Fsp3) is 0.808. The Labute approximate surface area is 213 Å². The van der Waals surface area contributed by atoms with Crippen molar-refractivity contribution in [2.24, 2.45) is 28.9 Å². The first-order valence-corrected chi connectivity index (χ1v) is 13.3. The molecule has 0 aromatic rings. The number of Topliss-reactive ketones (excluding diaryl/α,β-unsaturated/α-hetero) is 1. The number of carbonyl (C=O) groups excluding carboxylic acids is 5. The summed E-state index contributed by atoms with van der Waals surface area (Å²) < 4.78 is 0. The maximum atomic E-state index is 13.7. The van der Waals surface area contributed by atoms with E-state index in [1.807, 2.05) is 34.6 Å². The highest BCUT2D eigenvalue weighted by atomic mass is 16.2. The molecule has 202 valence electrons. The van der Waals surface area contributed by atoms with Crippen LogP contribution in [0.25, 0.3) is 0 Å². The van der Waals surface area contributed by atoms with Crippen molar-refractivity contribution in [2.75, 3.05) is 6.54 Å². The first kappa shape index (κ1) is 27.9. The lowest BCUT2D eigenvalue weighted by Gasteiger charge is -2.36. The van der Waals surface area contributed by atoms with E-state index < -0.39 is 47.2 Å². The number of carbonyl (C=O) groups is 5. The van der Waals surface area contributed by atoms with Crippen LogP contribution in [0, 0.1) is 23.2 Å². The zero-order valence-corrected chi connectivity index (χ0v) is 22.3. The zero-order chi connectivity index (χ0) is 26.8. The molecular weight excluding hydrogens is 462 g/mol. The third kappa shape index (κ3) is 6.56. The molecule has 1 aliphatic heterocycles. The van der Waals surface area contributed by atoms with Gasteiger partial charge in [0.05, 0.1) is 6.04 Å². The Morgan fingerprint density at radius 2 is 1.67 bits per heavy atom. The molecule has 10 heteroatoms. The van der Waals surface area contributed by atoms with Gasteiger partial charge in [-0.2, -0.15) is 0 Å². The quantitative estimate of drug-likeness (QED) is 0.332. The van der Waals surface area contributed by atoms with Gasteiger partial charge in [-0.05, 0) is 42.4 Å². The minimum absolute atomic E-state index is 0.0434. The molecule has 5 N–H and O–H groups in total. The van der Waals surface area contributed by atoms with Crippen LogP contribution in [0.4, 0.5) is 4.79 Å². The molecule has 1 unspecified atom stereocenters. The van der Waals surface area contributed by atoms with Gasteiger partial charge in [0.15, 0.2) is 0 Å². The molecule has 0 aromatic heterocycles. The Hall–Kier alpha value is -2.65. The van der Waals surface area contributed by atoms with Crippen LogP contribution in [0.5, 0.6) is 0 Å². The van der Waals surface area contributed by atoms with E-state index in [-0.39, 0.29) is 23.8 Å². The summed E-state index contributed by atoms with van der Waals surface area (Å²) in [5, 5.41) is 8.14. The number of hydrogen-bond acceptors (Lipinski definition) is 5. The maximum absolute atomic E-state index is 13.7. The number of ketones is 1. The molecule has 2 aliphatic carbocycles. The molecular formula is C26H43N5O5. The average molecular weight is 506 g/mol. The molecule has 10 nitrogen and oxygen atoms in total. The number of nitrogens with two attached hydrogens (primary N) is 1. The first-order chi connectivity index (χ1) is 16.8. The van der Waals surface area contributed by atoms with E-state index in [4.69, 9.17) is 5.73 Å². The van der Waals surface area contributed by atoms with Crippen molar-refractivity contribution in [1.29, 1.82) is 0 Å². The summed E-state index contributed by atoms with van der Waals surface area (Å²) in [5.41, 5.74) is 4.72. The van der Waals surface area contributed by atoms with Crippen LogP contribution in [0.2, 0.25) is 0 Å². The third-order valence-corrected chi connectivity index (χ3v) is 8.05. The van der Waals surface area contributed by atoms with E-state index >= 15 is 0 Å². The Bertz CT molecular complexity index is 876. The third-order valence-electron chi connectivity index (χ3n) is 8.05. The number of urea groups is 1. The standard InChI is InChI=1S/C26H43N5O5/c1-6-16-13-31(24(35)21(26(3,4)5)30-25(27)36)19(14(16)2)22(33)29-18(12-15-8-7-9-15)20(32)23(34)28-17-10-11-17/h14-19,21H,6-13H2,1-5H3,(H,28,34)(H,29,33)(H3,27,30,36)/t14-,16-,18?,19-,21+/m0/s1. The number of likely N-dealkylation sites (tertiary alicyclic amines) is 1. The highest BCUT2D eigenvalue weighted by Crippen LogP contribution is 2.35. The fourth-order valence-electron chi connectivity index (χ4n) is 5.33. The van der Waals surface area contributed by atoms with Gasteiger partial charge in [-0.25, -0.2) is 4.79 Å². The second kappa shape index (κ2) is 11.2. The van der Waals surface area contributed by atoms with Crippen LogP contribution in [-0.2, 0) is 19.2 Å². The van der Waals surface area contributed by atoms with Gasteiger partial charge in [-0.1, -0.05) is 60.3 Å². The van der Waals surface area contributed by atoms with Crippen molar-refractivity contribution < 1.29 is 24.0 Å². The van der Waals surface area contributed by atoms with Gasteiger partial charge in [0.1, 0.15) is 12.1 Å². The van der Waals surface area contributed by atoms with Gasteiger partial charge in [0.2, 0.25) is 17.6 Å². The topological polar surface area (TPSA) is 151 Å². The van der Waals surface area contributed by atoms with Crippen LogP contribution in [-0.4, -0.2) is 65.1 Å². The Morgan fingerprint density at radius 3 is 2.14 bits per heavy atom. The molecule has 1 heterocycles. The number of primary amides is 1. The number of hydrogen-bond donors (Lipinski definition) is 4. The molecule has 0 aromatic carbocycles. The van der Waals surface area contributed by atoms with Crippen molar-refractivity contribution in [1.82, 2.24) is 20.9 Å². The Kier molecular flexibility index (Phi) is 8.67. The molecule has 1 saturated heterocycles. The van der Waals surface area contributed by atoms with Crippen LogP contribution in [0.15, 0.2) is 0 Å². The molecule has 3 aliphatic rings. The molecule has 2 saturated carbocycles. The number of nitrogens with zero attached hydrogens (tertiary/aromatic N) is 1. The van der Waals surface area contributed by atoms with Crippen molar-refractivity contribution in [2.45, 2.75) is 104 Å². The van der Waals surface area contributed by atoms with Crippen molar-refractivity contribution in [3.05, 3.63) is 0 Å². The molecule has 3 fully saturated rings. The molecule has 3 rings (SSSR count). The predicted molar refractivity (Wildman–Crippen MR) is 134 cm³/mol. The highest BCUT2D eigenvalue weighted by molar-refractivity contribution is 6.38.